The smallest absolute Gasteiger partial charge is 0.134 e. The molecular weight excluding hydrogens is 421 g/mol. The molecule has 0 aliphatic rings. The third kappa shape index (κ3) is 3.84. The van der Waals surface area contributed by atoms with Gasteiger partial charge in [0.05, 0.1) is 11.6 Å². The van der Waals surface area contributed by atoms with E-state index in [1.165, 1.54) is 0 Å². The number of allylic oxidation sites excluding steroid dienone is 1. The Bertz CT molecular complexity index is 904. The highest BCUT2D eigenvalue weighted by molar-refractivity contribution is 14.1. The number of rotatable bonds is 3. The van der Waals surface area contributed by atoms with E-state index in [9.17, 15) is 5.26 Å². The lowest BCUT2D eigenvalue weighted by molar-refractivity contribution is 0.572. The lowest BCUT2D eigenvalue weighted by Gasteiger charge is -1.99. The normalized spacial score (nSPS) is 11.3. The van der Waals surface area contributed by atoms with Crippen LogP contribution in [0.2, 0.25) is 5.02 Å². The summed E-state index contributed by atoms with van der Waals surface area (Å²) >= 11 is 8.24. The number of hydrogen-bond acceptors (Lipinski definition) is 2. The van der Waals surface area contributed by atoms with Gasteiger partial charge in [0.25, 0.3) is 0 Å². The van der Waals surface area contributed by atoms with Gasteiger partial charge in [0, 0.05) is 14.2 Å². The van der Waals surface area contributed by atoms with Gasteiger partial charge in [-0.3, -0.25) is 0 Å². The fourth-order valence-electron chi connectivity index (χ4n) is 2.18. The maximum atomic E-state index is 9.39. The van der Waals surface area contributed by atoms with Crippen LogP contribution in [0.3, 0.4) is 0 Å². The molecule has 1 heterocycles. The van der Waals surface area contributed by atoms with Gasteiger partial charge >= 0.3 is 0 Å². The SMILES string of the molecule is N#C/C(=C/c1ccc(-c2cccc(Cl)c2)o1)c1ccc(I)cc1. The van der Waals surface area contributed by atoms with E-state index in [0.29, 0.717) is 16.4 Å². The van der Waals surface area contributed by atoms with Gasteiger partial charge in [-0.15, -0.1) is 0 Å². The maximum Gasteiger partial charge on any atom is 0.134 e. The van der Waals surface area contributed by atoms with Crippen molar-refractivity contribution in [1.82, 2.24) is 0 Å². The first-order chi connectivity index (χ1) is 11.2. The molecular formula is C19H11ClINO. The molecule has 0 fully saturated rings. The van der Waals surface area contributed by atoms with Crippen LogP contribution in [0.4, 0.5) is 0 Å². The molecule has 2 aromatic carbocycles. The summed E-state index contributed by atoms with van der Waals surface area (Å²) in [6, 6.07) is 21.2. The van der Waals surface area contributed by atoms with Crippen LogP contribution in [0.5, 0.6) is 0 Å². The third-order valence-electron chi connectivity index (χ3n) is 3.30. The van der Waals surface area contributed by atoms with Crippen LogP contribution >= 0.6 is 34.2 Å². The molecule has 0 amide bonds. The van der Waals surface area contributed by atoms with Gasteiger partial charge < -0.3 is 4.42 Å². The summed E-state index contributed by atoms with van der Waals surface area (Å²) in [5.41, 5.74) is 2.34. The largest absolute Gasteiger partial charge is 0.457 e. The molecule has 0 unspecified atom stereocenters. The fourth-order valence-corrected chi connectivity index (χ4v) is 2.73. The van der Waals surface area contributed by atoms with Crippen LogP contribution in [0.25, 0.3) is 23.0 Å². The number of halogens is 2. The molecule has 0 radical (unpaired) electrons. The van der Waals surface area contributed by atoms with Gasteiger partial charge in [0.1, 0.15) is 11.5 Å². The number of nitrogens with zero attached hydrogens (tertiary/aromatic N) is 1. The Morgan fingerprint density at radius 3 is 2.57 bits per heavy atom. The zero-order valence-electron chi connectivity index (χ0n) is 12.0. The van der Waals surface area contributed by atoms with Crippen molar-refractivity contribution in [3.05, 3.63) is 80.6 Å². The van der Waals surface area contributed by atoms with Crippen molar-refractivity contribution in [1.29, 1.82) is 5.26 Å². The van der Waals surface area contributed by atoms with E-state index in [-0.39, 0.29) is 0 Å². The zero-order valence-corrected chi connectivity index (χ0v) is 14.9. The standard InChI is InChI=1S/C19H11ClINO/c20-16-3-1-2-14(10-16)19-9-8-18(23-19)11-15(12-22)13-4-6-17(21)7-5-13/h1-11H/b15-11-. The molecule has 0 spiro atoms. The molecule has 0 saturated carbocycles. The summed E-state index contributed by atoms with van der Waals surface area (Å²) in [7, 11) is 0. The van der Waals surface area contributed by atoms with Crippen molar-refractivity contribution in [2.24, 2.45) is 0 Å². The van der Waals surface area contributed by atoms with E-state index in [1.54, 1.807) is 6.08 Å². The topological polar surface area (TPSA) is 36.9 Å². The highest BCUT2D eigenvalue weighted by atomic mass is 127. The second-order valence-corrected chi connectivity index (χ2v) is 6.57. The van der Waals surface area contributed by atoms with Gasteiger partial charge in [-0.25, -0.2) is 0 Å². The average molecular weight is 432 g/mol. The zero-order chi connectivity index (χ0) is 16.2. The van der Waals surface area contributed by atoms with E-state index >= 15 is 0 Å². The predicted molar refractivity (Wildman–Crippen MR) is 102 cm³/mol. The van der Waals surface area contributed by atoms with Crippen LogP contribution in [0.15, 0.2) is 65.1 Å². The van der Waals surface area contributed by atoms with Crippen molar-refractivity contribution in [2.45, 2.75) is 0 Å². The molecule has 0 saturated heterocycles. The van der Waals surface area contributed by atoms with E-state index in [1.807, 2.05) is 60.7 Å². The van der Waals surface area contributed by atoms with Crippen molar-refractivity contribution < 1.29 is 4.42 Å². The van der Waals surface area contributed by atoms with Crippen molar-refractivity contribution in [3.63, 3.8) is 0 Å². The first kappa shape index (κ1) is 15.9. The molecule has 0 bridgehead atoms. The van der Waals surface area contributed by atoms with Crippen LogP contribution in [0, 0.1) is 14.9 Å². The van der Waals surface area contributed by atoms with Crippen LogP contribution in [-0.2, 0) is 0 Å². The molecule has 0 atom stereocenters. The molecule has 0 aliphatic heterocycles. The summed E-state index contributed by atoms with van der Waals surface area (Å²) in [5.74, 6) is 1.36. The first-order valence-electron chi connectivity index (χ1n) is 6.89. The van der Waals surface area contributed by atoms with Gasteiger partial charge in [0.2, 0.25) is 0 Å². The molecule has 0 aliphatic carbocycles. The first-order valence-corrected chi connectivity index (χ1v) is 8.35. The summed E-state index contributed by atoms with van der Waals surface area (Å²) in [5, 5.41) is 10.1. The van der Waals surface area contributed by atoms with E-state index in [4.69, 9.17) is 16.0 Å². The minimum Gasteiger partial charge on any atom is -0.457 e. The van der Waals surface area contributed by atoms with Crippen molar-refractivity contribution in [2.75, 3.05) is 0 Å². The summed E-state index contributed by atoms with van der Waals surface area (Å²) in [4.78, 5) is 0. The lowest BCUT2D eigenvalue weighted by atomic mass is 10.1. The third-order valence-corrected chi connectivity index (χ3v) is 4.25. The van der Waals surface area contributed by atoms with Crippen LogP contribution in [-0.4, -0.2) is 0 Å². The van der Waals surface area contributed by atoms with E-state index in [0.717, 1.165) is 20.5 Å². The number of benzene rings is 2. The van der Waals surface area contributed by atoms with Gasteiger partial charge in [-0.2, -0.15) is 5.26 Å². The molecule has 2 nitrogen and oxygen atoms in total. The van der Waals surface area contributed by atoms with Gasteiger partial charge in [-0.1, -0.05) is 35.9 Å². The fraction of sp³-hybridized carbons (Fsp3) is 0. The summed E-state index contributed by atoms with van der Waals surface area (Å²) in [6.45, 7) is 0. The molecule has 1 aromatic heterocycles. The number of nitriles is 1. The summed E-state index contributed by atoms with van der Waals surface area (Å²) in [6.07, 6.45) is 1.75. The molecule has 3 rings (SSSR count). The maximum absolute atomic E-state index is 9.39. The minimum absolute atomic E-state index is 0.563. The number of hydrogen-bond donors (Lipinski definition) is 0. The highest BCUT2D eigenvalue weighted by Crippen LogP contribution is 2.27. The van der Waals surface area contributed by atoms with Crippen molar-refractivity contribution >= 4 is 45.8 Å². The van der Waals surface area contributed by atoms with Crippen LogP contribution in [0.1, 0.15) is 11.3 Å². The second-order valence-electron chi connectivity index (χ2n) is 4.89. The quantitative estimate of drug-likeness (QED) is 0.362. The second kappa shape index (κ2) is 7.03. The Hall–Kier alpha value is -2.03. The van der Waals surface area contributed by atoms with E-state index < -0.39 is 0 Å². The molecule has 4 heteroatoms. The van der Waals surface area contributed by atoms with Gasteiger partial charge in [-0.05, 0) is 70.6 Å². The average Bonchev–Trinajstić information content (AvgIpc) is 3.02. The Labute approximate surface area is 153 Å². The minimum atomic E-state index is 0.563. The molecule has 23 heavy (non-hydrogen) atoms. The highest BCUT2D eigenvalue weighted by Gasteiger charge is 2.06. The lowest BCUT2D eigenvalue weighted by Crippen LogP contribution is -1.81. The Kier molecular flexibility index (Phi) is 4.85. The molecule has 112 valence electrons. The predicted octanol–water partition coefficient (Wildman–Crippen LogP) is 6.27. The Balaban J connectivity index is 1.93. The Morgan fingerprint density at radius 2 is 1.87 bits per heavy atom. The molecule has 0 N–H and O–H groups in total. The monoisotopic (exact) mass is 431 g/mol. The van der Waals surface area contributed by atoms with Gasteiger partial charge in [0.15, 0.2) is 0 Å². The van der Waals surface area contributed by atoms with Crippen molar-refractivity contribution in [3.8, 4) is 17.4 Å². The van der Waals surface area contributed by atoms with E-state index in [2.05, 4.69) is 28.7 Å². The molecule has 3 aromatic rings. The summed E-state index contributed by atoms with van der Waals surface area (Å²) < 4.78 is 6.94. The Morgan fingerprint density at radius 1 is 1.09 bits per heavy atom. The van der Waals surface area contributed by atoms with Crippen LogP contribution < -0.4 is 0 Å². The number of furan rings is 1.